The molecular formula is C9H15F3N2O. The molecule has 0 spiro atoms. The number of nitrogens with one attached hydrogen (secondary N) is 1. The zero-order valence-electron chi connectivity index (χ0n) is 8.31. The molecule has 3 N–H and O–H groups in total. The second-order valence-electron chi connectivity index (χ2n) is 3.92. The van der Waals surface area contributed by atoms with Crippen molar-refractivity contribution in [2.75, 3.05) is 6.54 Å². The summed E-state index contributed by atoms with van der Waals surface area (Å²) in [5.74, 6) is -1.90. The molecular weight excluding hydrogens is 209 g/mol. The molecule has 88 valence electrons. The number of hydrogen-bond donors (Lipinski definition) is 2. The van der Waals surface area contributed by atoms with Crippen molar-refractivity contribution in [1.82, 2.24) is 5.32 Å². The van der Waals surface area contributed by atoms with Crippen LogP contribution in [-0.2, 0) is 4.79 Å². The van der Waals surface area contributed by atoms with Crippen LogP contribution in [0.25, 0.3) is 0 Å². The molecule has 1 amide bonds. The Kier molecular flexibility index (Phi) is 3.96. The summed E-state index contributed by atoms with van der Waals surface area (Å²) >= 11 is 0. The van der Waals surface area contributed by atoms with Crippen LogP contribution in [0.2, 0.25) is 0 Å². The lowest BCUT2D eigenvalue weighted by Gasteiger charge is -2.28. The lowest BCUT2D eigenvalue weighted by Crippen LogP contribution is -2.44. The molecule has 0 aromatic rings. The van der Waals surface area contributed by atoms with E-state index in [0.29, 0.717) is 0 Å². The number of halogens is 3. The van der Waals surface area contributed by atoms with E-state index >= 15 is 0 Å². The maximum Gasteiger partial charge on any atom is 0.471 e. The first kappa shape index (κ1) is 12.3. The number of carbonyl (C=O) groups excluding carboxylic acids is 1. The molecule has 0 saturated heterocycles. The predicted molar refractivity (Wildman–Crippen MR) is 49.0 cm³/mol. The average Bonchev–Trinajstić information content (AvgIpc) is 2.14. The number of nitrogens with two attached hydrogens (primary N) is 1. The van der Waals surface area contributed by atoms with Gasteiger partial charge in [0, 0.05) is 12.6 Å². The van der Waals surface area contributed by atoms with Crippen LogP contribution in [0, 0.1) is 5.92 Å². The Balaban J connectivity index is 2.33. The zero-order chi connectivity index (χ0) is 11.5. The Morgan fingerprint density at radius 3 is 2.47 bits per heavy atom. The maximum atomic E-state index is 11.9. The predicted octanol–water partition coefficient (Wildman–Crippen LogP) is 1.18. The monoisotopic (exact) mass is 224 g/mol. The third-order valence-electron chi connectivity index (χ3n) is 2.75. The van der Waals surface area contributed by atoms with Gasteiger partial charge in [-0.2, -0.15) is 13.2 Å². The summed E-state index contributed by atoms with van der Waals surface area (Å²) < 4.78 is 35.6. The molecule has 1 rings (SSSR count). The first-order chi connectivity index (χ1) is 6.91. The molecule has 0 aliphatic heterocycles. The third kappa shape index (κ3) is 3.70. The molecule has 6 heteroatoms. The van der Waals surface area contributed by atoms with Crippen molar-refractivity contribution in [3.05, 3.63) is 0 Å². The molecule has 1 saturated carbocycles. The van der Waals surface area contributed by atoms with Gasteiger partial charge in [0.15, 0.2) is 0 Å². The van der Waals surface area contributed by atoms with Gasteiger partial charge in [-0.15, -0.1) is 0 Å². The Bertz CT molecular complexity index is 230. The van der Waals surface area contributed by atoms with Crippen molar-refractivity contribution >= 4 is 5.91 Å². The summed E-state index contributed by atoms with van der Waals surface area (Å²) in [5.41, 5.74) is 5.74. The Hall–Kier alpha value is -0.780. The van der Waals surface area contributed by atoms with Crippen LogP contribution in [0.3, 0.4) is 0 Å². The van der Waals surface area contributed by atoms with Gasteiger partial charge in [0.2, 0.25) is 0 Å². The van der Waals surface area contributed by atoms with Gasteiger partial charge < -0.3 is 11.1 Å². The van der Waals surface area contributed by atoms with Crippen molar-refractivity contribution in [1.29, 1.82) is 0 Å². The molecule has 0 aromatic carbocycles. The third-order valence-corrected chi connectivity index (χ3v) is 2.75. The highest BCUT2D eigenvalue weighted by Crippen LogP contribution is 2.22. The van der Waals surface area contributed by atoms with Crippen LogP contribution in [0.5, 0.6) is 0 Å². The van der Waals surface area contributed by atoms with Gasteiger partial charge in [-0.05, 0) is 18.8 Å². The molecule has 2 atom stereocenters. The fourth-order valence-corrected chi connectivity index (χ4v) is 1.81. The lowest BCUT2D eigenvalue weighted by molar-refractivity contribution is -0.173. The summed E-state index contributed by atoms with van der Waals surface area (Å²) in [5, 5.41) is 1.88. The summed E-state index contributed by atoms with van der Waals surface area (Å²) in [4.78, 5) is 10.5. The molecule has 15 heavy (non-hydrogen) atoms. The van der Waals surface area contributed by atoms with Gasteiger partial charge in [-0.3, -0.25) is 4.79 Å². The standard InChI is InChI=1S/C9H15F3N2O/c10-9(11,12)8(15)14-5-6-3-1-2-4-7(6)13/h6-7H,1-5,13H2,(H,14,15)/t6-,7-/m1/s1. The lowest BCUT2D eigenvalue weighted by atomic mass is 9.85. The first-order valence-electron chi connectivity index (χ1n) is 5.02. The van der Waals surface area contributed by atoms with Crippen molar-refractivity contribution in [3.63, 3.8) is 0 Å². The van der Waals surface area contributed by atoms with E-state index in [9.17, 15) is 18.0 Å². The van der Waals surface area contributed by atoms with Gasteiger partial charge in [-0.25, -0.2) is 0 Å². The van der Waals surface area contributed by atoms with E-state index in [2.05, 4.69) is 0 Å². The summed E-state index contributed by atoms with van der Waals surface area (Å²) in [6.45, 7) is 0.0273. The van der Waals surface area contributed by atoms with E-state index in [1.807, 2.05) is 5.32 Å². The highest BCUT2D eigenvalue weighted by molar-refractivity contribution is 5.81. The van der Waals surface area contributed by atoms with Crippen molar-refractivity contribution in [2.24, 2.45) is 11.7 Å². The minimum absolute atomic E-state index is 0.0231. The quantitative estimate of drug-likeness (QED) is 0.740. The van der Waals surface area contributed by atoms with Gasteiger partial charge in [-0.1, -0.05) is 12.8 Å². The number of amides is 1. The molecule has 0 heterocycles. The molecule has 0 radical (unpaired) electrons. The van der Waals surface area contributed by atoms with Crippen LogP contribution in [0.15, 0.2) is 0 Å². The van der Waals surface area contributed by atoms with Crippen LogP contribution in [0.1, 0.15) is 25.7 Å². The van der Waals surface area contributed by atoms with E-state index in [1.54, 1.807) is 0 Å². The second-order valence-corrected chi connectivity index (χ2v) is 3.92. The van der Waals surface area contributed by atoms with Crippen LogP contribution < -0.4 is 11.1 Å². The molecule has 1 aliphatic rings. The van der Waals surface area contributed by atoms with Crippen LogP contribution in [0.4, 0.5) is 13.2 Å². The fraction of sp³-hybridized carbons (Fsp3) is 0.889. The number of rotatable bonds is 2. The number of alkyl halides is 3. The fourth-order valence-electron chi connectivity index (χ4n) is 1.81. The highest BCUT2D eigenvalue weighted by Gasteiger charge is 2.38. The van der Waals surface area contributed by atoms with Crippen molar-refractivity contribution < 1.29 is 18.0 Å². The molecule has 0 unspecified atom stereocenters. The Morgan fingerprint density at radius 1 is 1.33 bits per heavy atom. The summed E-state index contributed by atoms with van der Waals surface area (Å²) in [7, 11) is 0. The largest absolute Gasteiger partial charge is 0.471 e. The van der Waals surface area contributed by atoms with Crippen LogP contribution in [-0.4, -0.2) is 24.7 Å². The van der Waals surface area contributed by atoms with E-state index in [1.165, 1.54) is 0 Å². The van der Waals surface area contributed by atoms with Gasteiger partial charge in [0.25, 0.3) is 0 Å². The highest BCUT2D eigenvalue weighted by atomic mass is 19.4. The second kappa shape index (κ2) is 4.83. The smallest absolute Gasteiger partial charge is 0.348 e. The minimum Gasteiger partial charge on any atom is -0.348 e. The Labute approximate surface area is 86.2 Å². The van der Waals surface area contributed by atoms with Crippen molar-refractivity contribution in [3.8, 4) is 0 Å². The molecule has 0 aromatic heterocycles. The molecule has 1 fully saturated rings. The number of carbonyl (C=O) groups is 1. The maximum absolute atomic E-state index is 11.9. The molecule has 1 aliphatic carbocycles. The first-order valence-corrected chi connectivity index (χ1v) is 5.02. The van der Waals surface area contributed by atoms with E-state index in [4.69, 9.17) is 5.73 Å². The Morgan fingerprint density at radius 2 is 1.93 bits per heavy atom. The van der Waals surface area contributed by atoms with Crippen molar-refractivity contribution in [2.45, 2.75) is 37.9 Å². The van der Waals surface area contributed by atoms with E-state index < -0.39 is 12.1 Å². The summed E-state index contributed by atoms with van der Waals surface area (Å²) in [6, 6.07) is -0.0905. The van der Waals surface area contributed by atoms with Gasteiger partial charge in [0.05, 0.1) is 0 Å². The zero-order valence-corrected chi connectivity index (χ0v) is 8.31. The number of hydrogen-bond acceptors (Lipinski definition) is 2. The molecule has 3 nitrogen and oxygen atoms in total. The summed E-state index contributed by atoms with van der Waals surface area (Å²) in [6.07, 6.45) is -1.18. The van der Waals surface area contributed by atoms with Gasteiger partial charge in [0.1, 0.15) is 0 Å². The molecule has 0 bridgehead atoms. The minimum atomic E-state index is -4.79. The topological polar surface area (TPSA) is 55.1 Å². The SMILES string of the molecule is N[C@@H]1CCCC[C@@H]1CNC(=O)C(F)(F)F. The van der Waals surface area contributed by atoms with E-state index in [-0.39, 0.29) is 18.5 Å². The van der Waals surface area contributed by atoms with E-state index in [0.717, 1.165) is 25.7 Å². The van der Waals surface area contributed by atoms with Gasteiger partial charge >= 0.3 is 12.1 Å². The average molecular weight is 224 g/mol. The van der Waals surface area contributed by atoms with Crippen LogP contribution >= 0.6 is 0 Å². The normalized spacial score (nSPS) is 27.5.